The fourth-order valence-electron chi connectivity index (χ4n) is 1.43. The van der Waals surface area contributed by atoms with Crippen molar-refractivity contribution >= 4 is 27.3 Å². The van der Waals surface area contributed by atoms with Gasteiger partial charge in [0.25, 0.3) is 0 Å². The van der Waals surface area contributed by atoms with Gasteiger partial charge in [-0.25, -0.2) is 0 Å². The van der Waals surface area contributed by atoms with Gasteiger partial charge in [0.15, 0.2) is 0 Å². The van der Waals surface area contributed by atoms with E-state index in [2.05, 4.69) is 40.9 Å². The molecular weight excluding hydrogens is 272 g/mol. The topological polar surface area (TPSA) is 38.0 Å². The van der Waals surface area contributed by atoms with Crippen LogP contribution in [0.2, 0.25) is 0 Å². The van der Waals surface area contributed by atoms with Crippen molar-refractivity contribution in [3.05, 3.63) is 32.9 Å². The van der Waals surface area contributed by atoms with Gasteiger partial charge < -0.3 is 0 Å². The first-order chi connectivity index (χ1) is 7.19. The molecule has 2 nitrogen and oxygen atoms in total. The Morgan fingerprint density at radius 1 is 1.73 bits per heavy atom. The van der Waals surface area contributed by atoms with Gasteiger partial charge in [0.1, 0.15) is 0 Å². The molecule has 0 bridgehead atoms. The lowest BCUT2D eigenvalue weighted by Crippen LogP contribution is -2.27. The maximum Gasteiger partial charge on any atom is 0.0731 e. The molecule has 0 amide bonds. The fourth-order valence-corrected chi connectivity index (χ4v) is 3.10. The summed E-state index contributed by atoms with van der Waals surface area (Å²) in [5.41, 5.74) is 4.15. The second-order valence-electron chi connectivity index (χ2n) is 3.54. The number of hydrogen-bond acceptors (Lipinski definition) is 3. The number of rotatable bonds is 6. The summed E-state index contributed by atoms with van der Waals surface area (Å²) in [6, 6.07) is 2.45. The Balaban J connectivity index is 2.61. The Hall–Kier alpha value is -0.160. The lowest BCUT2D eigenvalue weighted by molar-refractivity contribution is 0.508. The van der Waals surface area contributed by atoms with Crippen molar-refractivity contribution in [1.29, 1.82) is 0 Å². The summed E-state index contributed by atoms with van der Waals surface area (Å²) in [4.78, 5) is 1.30. The van der Waals surface area contributed by atoms with E-state index in [1.165, 1.54) is 14.2 Å². The minimum Gasteiger partial charge on any atom is -0.271 e. The molecule has 1 rings (SSSR count). The Morgan fingerprint density at radius 3 is 2.93 bits per heavy atom. The molecule has 15 heavy (non-hydrogen) atoms. The second-order valence-corrected chi connectivity index (χ2v) is 5.95. The van der Waals surface area contributed by atoms with Crippen LogP contribution in [-0.2, 0) is 0 Å². The monoisotopic (exact) mass is 288 g/mol. The van der Waals surface area contributed by atoms with Crippen LogP contribution in [0.15, 0.2) is 22.5 Å². The summed E-state index contributed by atoms with van der Waals surface area (Å²) < 4.78 is 1.20. The fraction of sp³-hybridized carbons (Fsp3) is 0.455. The highest BCUT2D eigenvalue weighted by Gasteiger charge is 2.13. The van der Waals surface area contributed by atoms with Crippen LogP contribution in [0.3, 0.4) is 0 Å². The zero-order chi connectivity index (χ0) is 11.3. The number of aryl methyl sites for hydroxylation is 1. The maximum atomic E-state index is 5.56. The standard InChI is InChI=1S/C11H17BrN2S/c1-3-4-5-6-9(14-13)10-7-8(2)11(12)15-10/h3,7,9,14H,1,4-6,13H2,2H3. The van der Waals surface area contributed by atoms with Crippen molar-refractivity contribution in [3.8, 4) is 0 Å². The molecule has 0 aliphatic carbocycles. The number of halogens is 1. The van der Waals surface area contributed by atoms with E-state index in [1.807, 2.05) is 6.08 Å². The predicted octanol–water partition coefficient (Wildman–Crippen LogP) is 3.68. The molecule has 1 unspecified atom stereocenters. The Kier molecular flexibility index (Phi) is 5.53. The molecule has 0 saturated carbocycles. The molecule has 0 fully saturated rings. The molecule has 1 atom stereocenters. The zero-order valence-electron chi connectivity index (χ0n) is 8.92. The second kappa shape index (κ2) is 6.43. The number of nitrogens with two attached hydrogens (primary N) is 1. The quantitative estimate of drug-likeness (QED) is 0.363. The largest absolute Gasteiger partial charge is 0.271 e. The lowest BCUT2D eigenvalue weighted by atomic mass is 10.1. The average molecular weight is 289 g/mol. The number of unbranched alkanes of at least 4 members (excludes halogenated alkanes) is 1. The van der Waals surface area contributed by atoms with Gasteiger partial charge in [0.2, 0.25) is 0 Å². The summed E-state index contributed by atoms with van der Waals surface area (Å²) >= 11 is 5.28. The van der Waals surface area contributed by atoms with Gasteiger partial charge >= 0.3 is 0 Å². The Morgan fingerprint density at radius 2 is 2.47 bits per heavy atom. The molecule has 1 heterocycles. The highest BCUT2D eigenvalue weighted by molar-refractivity contribution is 9.11. The van der Waals surface area contributed by atoms with Gasteiger partial charge in [-0.2, -0.15) is 0 Å². The van der Waals surface area contributed by atoms with Gasteiger partial charge in [0, 0.05) is 4.88 Å². The van der Waals surface area contributed by atoms with Crippen molar-refractivity contribution in [2.75, 3.05) is 0 Å². The molecule has 0 radical (unpaired) electrons. The summed E-state index contributed by atoms with van der Waals surface area (Å²) in [5.74, 6) is 5.56. The normalized spacial score (nSPS) is 12.7. The summed E-state index contributed by atoms with van der Waals surface area (Å²) in [6.07, 6.45) is 5.16. The lowest BCUT2D eigenvalue weighted by Gasteiger charge is -2.13. The van der Waals surface area contributed by atoms with E-state index in [0.717, 1.165) is 19.3 Å². The number of hydrazine groups is 1. The third kappa shape index (κ3) is 3.72. The average Bonchev–Trinajstić information content (AvgIpc) is 2.54. The highest BCUT2D eigenvalue weighted by Crippen LogP contribution is 2.32. The van der Waals surface area contributed by atoms with E-state index < -0.39 is 0 Å². The van der Waals surface area contributed by atoms with Crippen molar-refractivity contribution < 1.29 is 0 Å². The third-order valence-electron chi connectivity index (χ3n) is 2.32. The Labute approximate surface area is 104 Å². The Bertz CT molecular complexity index is 303. The van der Waals surface area contributed by atoms with Crippen LogP contribution in [-0.4, -0.2) is 0 Å². The summed E-state index contributed by atoms with van der Waals surface area (Å²) in [7, 11) is 0. The van der Waals surface area contributed by atoms with E-state index in [9.17, 15) is 0 Å². The van der Waals surface area contributed by atoms with Crippen LogP contribution in [0.1, 0.15) is 35.7 Å². The first kappa shape index (κ1) is 12.9. The highest BCUT2D eigenvalue weighted by atomic mass is 79.9. The molecule has 3 N–H and O–H groups in total. The number of allylic oxidation sites excluding steroid dienone is 1. The molecule has 0 aliphatic heterocycles. The van der Waals surface area contributed by atoms with Crippen molar-refractivity contribution in [2.45, 2.75) is 32.2 Å². The van der Waals surface area contributed by atoms with Crippen LogP contribution >= 0.6 is 27.3 Å². The van der Waals surface area contributed by atoms with Crippen LogP contribution < -0.4 is 11.3 Å². The maximum absolute atomic E-state index is 5.56. The molecular formula is C11H17BrN2S. The molecule has 0 aromatic carbocycles. The van der Waals surface area contributed by atoms with Gasteiger partial charge in [-0.3, -0.25) is 11.3 Å². The molecule has 4 heteroatoms. The van der Waals surface area contributed by atoms with Crippen LogP contribution in [0.25, 0.3) is 0 Å². The summed E-state index contributed by atoms with van der Waals surface area (Å²) in [6.45, 7) is 5.82. The van der Waals surface area contributed by atoms with Crippen molar-refractivity contribution in [1.82, 2.24) is 5.43 Å². The van der Waals surface area contributed by atoms with Gasteiger partial charge in [-0.05, 0) is 53.7 Å². The smallest absolute Gasteiger partial charge is 0.0731 e. The van der Waals surface area contributed by atoms with E-state index >= 15 is 0 Å². The predicted molar refractivity (Wildman–Crippen MR) is 70.9 cm³/mol. The molecule has 1 aromatic rings. The number of thiophene rings is 1. The van der Waals surface area contributed by atoms with Gasteiger partial charge in [0.05, 0.1) is 9.83 Å². The van der Waals surface area contributed by atoms with E-state index in [4.69, 9.17) is 5.84 Å². The van der Waals surface area contributed by atoms with E-state index in [1.54, 1.807) is 11.3 Å². The van der Waals surface area contributed by atoms with Crippen molar-refractivity contribution in [3.63, 3.8) is 0 Å². The first-order valence-corrected chi connectivity index (χ1v) is 6.62. The number of nitrogens with one attached hydrogen (secondary N) is 1. The minimum atomic E-state index is 0.264. The molecule has 0 saturated heterocycles. The molecule has 1 aromatic heterocycles. The number of hydrogen-bond donors (Lipinski definition) is 2. The summed E-state index contributed by atoms with van der Waals surface area (Å²) in [5, 5.41) is 0. The molecule has 0 aliphatic rings. The van der Waals surface area contributed by atoms with Gasteiger partial charge in [-0.1, -0.05) is 6.08 Å². The van der Waals surface area contributed by atoms with Crippen molar-refractivity contribution in [2.24, 2.45) is 5.84 Å². The first-order valence-electron chi connectivity index (χ1n) is 5.02. The van der Waals surface area contributed by atoms with Gasteiger partial charge in [-0.15, -0.1) is 17.9 Å². The third-order valence-corrected chi connectivity index (χ3v) is 4.57. The van der Waals surface area contributed by atoms with E-state index in [-0.39, 0.29) is 6.04 Å². The minimum absolute atomic E-state index is 0.264. The SMILES string of the molecule is C=CCCCC(NN)c1cc(C)c(Br)s1. The van der Waals surface area contributed by atoms with E-state index in [0.29, 0.717) is 0 Å². The van der Waals surface area contributed by atoms with Crippen LogP contribution in [0.4, 0.5) is 0 Å². The molecule has 0 spiro atoms. The van der Waals surface area contributed by atoms with Crippen LogP contribution in [0.5, 0.6) is 0 Å². The van der Waals surface area contributed by atoms with Crippen LogP contribution in [0, 0.1) is 6.92 Å². The molecule has 84 valence electrons. The zero-order valence-corrected chi connectivity index (χ0v) is 11.3.